The van der Waals surface area contributed by atoms with E-state index >= 15 is 0 Å². The van der Waals surface area contributed by atoms with Crippen LogP contribution < -0.4 is 0 Å². The van der Waals surface area contributed by atoms with Crippen molar-refractivity contribution in [3.63, 3.8) is 0 Å². The van der Waals surface area contributed by atoms with Gasteiger partial charge in [0.05, 0.1) is 0 Å². The first-order chi connectivity index (χ1) is 12.5. The molecule has 2 aromatic carbocycles. The highest BCUT2D eigenvalue weighted by molar-refractivity contribution is 5.39. The SMILES string of the molecule is Fc1cc(F)cc(C#Cc2nnc(C#Cc3cc(F)cc(F)c3)nn2)c1. The van der Waals surface area contributed by atoms with Crippen LogP contribution in [-0.2, 0) is 0 Å². The van der Waals surface area contributed by atoms with Crippen molar-refractivity contribution < 1.29 is 17.6 Å². The summed E-state index contributed by atoms with van der Waals surface area (Å²) in [5.74, 6) is 6.66. The van der Waals surface area contributed by atoms with E-state index < -0.39 is 23.3 Å². The molecule has 1 heterocycles. The van der Waals surface area contributed by atoms with E-state index in [1.807, 2.05) is 0 Å². The summed E-state index contributed by atoms with van der Waals surface area (Å²) in [6.07, 6.45) is 0. The van der Waals surface area contributed by atoms with Gasteiger partial charge in [0.15, 0.2) is 0 Å². The van der Waals surface area contributed by atoms with Gasteiger partial charge in [0.1, 0.15) is 23.3 Å². The van der Waals surface area contributed by atoms with Crippen molar-refractivity contribution in [3.05, 3.63) is 82.4 Å². The molecular formula is C18H6F4N4. The van der Waals surface area contributed by atoms with Crippen molar-refractivity contribution in [2.45, 2.75) is 0 Å². The van der Waals surface area contributed by atoms with Gasteiger partial charge in [-0.15, -0.1) is 20.4 Å². The first-order valence-electron chi connectivity index (χ1n) is 7.01. The van der Waals surface area contributed by atoms with Crippen molar-refractivity contribution in [2.75, 3.05) is 0 Å². The van der Waals surface area contributed by atoms with Gasteiger partial charge in [-0.3, -0.25) is 0 Å². The van der Waals surface area contributed by atoms with Crippen molar-refractivity contribution in [3.8, 4) is 23.7 Å². The molecule has 0 amide bonds. The second-order valence-electron chi connectivity index (χ2n) is 4.86. The van der Waals surface area contributed by atoms with Crippen molar-refractivity contribution in [1.82, 2.24) is 20.4 Å². The summed E-state index contributed by atoms with van der Waals surface area (Å²) in [7, 11) is 0. The van der Waals surface area contributed by atoms with Crippen LogP contribution in [0.1, 0.15) is 22.8 Å². The van der Waals surface area contributed by atoms with Crippen LogP contribution in [0.4, 0.5) is 17.6 Å². The molecule has 3 rings (SSSR count). The van der Waals surface area contributed by atoms with E-state index in [0.29, 0.717) is 0 Å². The standard InChI is InChI=1S/C18H6F4N4/c19-13-5-11(6-14(20)9-13)1-3-17-23-25-18(26-24-17)4-2-12-7-15(21)10-16(22)8-12/h5-10H. The number of nitrogens with zero attached hydrogens (tertiary/aromatic N) is 4. The molecule has 0 atom stereocenters. The number of rotatable bonds is 0. The van der Waals surface area contributed by atoms with E-state index in [0.717, 1.165) is 36.4 Å². The lowest BCUT2D eigenvalue weighted by atomic mass is 10.2. The molecule has 1 aromatic heterocycles. The summed E-state index contributed by atoms with van der Waals surface area (Å²) in [5, 5.41) is 14.6. The fraction of sp³-hybridized carbons (Fsp3) is 0. The van der Waals surface area contributed by atoms with Crippen molar-refractivity contribution in [2.24, 2.45) is 0 Å². The van der Waals surface area contributed by atoms with Gasteiger partial charge in [-0.05, 0) is 36.1 Å². The maximum atomic E-state index is 13.1. The zero-order chi connectivity index (χ0) is 18.5. The zero-order valence-electron chi connectivity index (χ0n) is 12.8. The van der Waals surface area contributed by atoms with Crippen LogP contribution in [0.3, 0.4) is 0 Å². The van der Waals surface area contributed by atoms with Gasteiger partial charge in [-0.25, -0.2) is 17.6 Å². The molecule has 0 N–H and O–H groups in total. The second kappa shape index (κ2) is 7.41. The number of hydrogen-bond acceptors (Lipinski definition) is 4. The summed E-state index contributed by atoms with van der Waals surface area (Å²) >= 11 is 0. The predicted molar refractivity (Wildman–Crippen MR) is 82.3 cm³/mol. The smallest absolute Gasteiger partial charge is 0.207 e. The lowest BCUT2D eigenvalue weighted by molar-refractivity contribution is 0.582. The topological polar surface area (TPSA) is 51.6 Å². The first kappa shape index (κ1) is 17.1. The number of halogens is 4. The Labute approximate surface area is 144 Å². The molecule has 0 spiro atoms. The lowest BCUT2D eigenvalue weighted by Gasteiger charge is -1.93. The van der Waals surface area contributed by atoms with E-state index in [2.05, 4.69) is 44.1 Å². The highest BCUT2D eigenvalue weighted by atomic mass is 19.1. The van der Waals surface area contributed by atoms with Crippen LogP contribution in [0.5, 0.6) is 0 Å². The fourth-order valence-corrected chi connectivity index (χ4v) is 1.84. The molecular weight excluding hydrogens is 348 g/mol. The molecule has 3 aromatic rings. The van der Waals surface area contributed by atoms with Gasteiger partial charge >= 0.3 is 0 Å². The first-order valence-corrected chi connectivity index (χ1v) is 7.01. The molecule has 8 heteroatoms. The minimum Gasteiger partial charge on any atom is -0.207 e. The van der Waals surface area contributed by atoms with Gasteiger partial charge in [-0.2, -0.15) is 0 Å². The Balaban J connectivity index is 1.77. The number of hydrogen-bond donors (Lipinski definition) is 0. The van der Waals surface area contributed by atoms with Crippen LogP contribution in [0.25, 0.3) is 0 Å². The Morgan fingerprint density at radius 3 is 1.08 bits per heavy atom. The monoisotopic (exact) mass is 354 g/mol. The van der Waals surface area contributed by atoms with Gasteiger partial charge in [0, 0.05) is 23.3 Å². The Kier molecular flexibility index (Phi) is 4.86. The van der Waals surface area contributed by atoms with E-state index in [1.54, 1.807) is 0 Å². The third kappa shape index (κ3) is 4.62. The average Bonchev–Trinajstić information content (AvgIpc) is 2.57. The number of aromatic nitrogens is 4. The second-order valence-corrected chi connectivity index (χ2v) is 4.86. The Bertz CT molecular complexity index is 961. The summed E-state index contributed by atoms with van der Waals surface area (Å²) < 4.78 is 52.2. The third-order valence-electron chi connectivity index (χ3n) is 2.84. The average molecular weight is 354 g/mol. The van der Waals surface area contributed by atoms with Crippen molar-refractivity contribution >= 4 is 0 Å². The minimum atomic E-state index is -0.758. The normalized spacial score (nSPS) is 9.69. The fourth-order valence-electron chi connectivity index (χ4n) is 1.84. The maximum Gasteiger partial charge on any atom is 0.246 e. The van der Waals surface area contributed by atoms with Crippen LogP contribution >= 0.6 is 0 Å². The van der Waals surface area contributed by atoms with Crippen LogP contribution in [0.2, 0.25) is 0 Å². The Morgan fingerprint density at radius 1 is 0.462 bits per heavy atom. The molecule has 0 saturated heterocycles. The highest BCUT2D eigenvalue weighted by Crippen LogP contribution is 2.07. The molecule has 126 valence electrons. The van der Waals surface area contributed by atoms with E-state index in [9.17, 15) is 17.6 Å². The molecule has 0 aliphatic rings. The predicted octanol–water partition coefficient (Wildman–Crippen LogP) is 2.62. The largest absolute Gasteiger partial charge is 0.246 e. The van der Waals surface area contributed by atoms with Gasteiger partial charge in [-0.1, -0.05) is 11.8 Å². The van der Waals surface area contributed by atoms with Gasteiger partial charge in [0.2, 0.25) is 11.6 Å². The Morgan fingerprint density at radius 2 is 0.769 bits per heavy atom. The molecule has 0 aliphatic heterocycles. The number of benzene rings is 2. The molecule has 0 bridgehead atoms. The minimum absolute atomic E-state index is 0.0861. The quantitative estimate of drug-likeness (QED) is 0.460. The van der Waals surface area contributed by atoms with Crippen molar-refractivity contribution in [1.29, 1.82) is 0 Å². The van der Waals surface area contributed by atoms with Gasteiger partial charge < -0.3 is 0 Å². The van der Waals surface area contributed by atoms with Crippen LogP contribution in [0.15, 0.2) is 36.4 Å². The van der Waals surface area contributed by atoms with Crippen LogP contribution in [-0.4, -0.2) is 20.4 Å². The van der Waals surface area contributed by atoms with Gasteiger partial charge in [0.25, 0.3) is 0 Å². The maximum absolute atomic E-state index is 13.1. The molecule has 4 nitrogen and oxygen atoms in total. The van der Waals surface area contributed by atoms with Crippen LogP contribution in [0, 0.1) is 47.0 Å². The summed E-state index contributed by atoms with van der Waals surface area (Å²) in [6.45, 7) is 0. The third-order valence-corrected chi connectivity index (χ3v) is 2.84. The summed E-state index contributed by atoms with van der Waals surface area (Å²) in [6, 6.07) is 5.65. The highest BCUT2D eigenvalue weighted by Gasteiger charge is 2.00. The molecule has 26 heavy (non-hydrogen) atoms. The summed E-state index contributed by atoms with van der Waals surface area (Å²) in [5.41, 5.74) is 0.200. The zero-order valence-corrected chi connectivity index (χ0v) is 12.8. The lowest BCUT2D eigenvalue weighted by Crippen LogP contribution is -2.00. The van der Waals surface area contributed by atoms with E-state index in [-0.39, 0.29) is 22.8 Å². The molecule has 0 radical (unpaired) electrons. The van der Waals surface area contributed by atoms with E-state index in [4.69, 9.17) is 0 Å². The molecule has 0 fully saturated rings. The summed E-state index contributed by atoms with van der Waals surface area (Å²) in [4.78, 5) is 0. The molecule has 0 saturated carbocycles. The Hall–Kier alpha value is -3.78. The van der Waals surface area contributed by atoms with E-state index in [1.165, 1.54) is 0 Å². The molecule has 0 aliphatic carbocycles. The molecule has 0 unspecified atom stereocenters.